The van der Waals surface area contributed by atoms with Crippen LogP contribution in [0.3, 0.4) is 0 Å². The van der Waals surface area contributed by atoms with Gasteiger partial charge >= 0.3 is 0 Å². The van der Waals surface area contributed by atoms with Crippen LogP contribution in [0.5, 0.6) is 0 Å². The highest BCUT2D eigenvalue weighted by Crippen LogP contribution is 2.21. The Morgan fingerprint density at radius 1 is 1.55 bits per heavy atom. The molecule has 1 aromatic rings. The highest BCUT2D eigenvalue weighted by molar-refractivity contribution is 7.16. The van der Waals surface area contributed by atoms with Crippen LogP contribution in [0.4, 0.5) is 0 Å². The van der Waals surface area contributed by atoms with E-state index in [2.05, 4.69) is 41.8 Å². The zero-order valence-electron chi connectivity index (χ0n) is 12.4. The van der Waals surface area contributed by atoms with Crippen LogP contribution in [0.1, 0.15) is 24.6 Å². The van der Waals surface area contributed by atoms with Crippen molar-refractivity contribution in [2.24, 2.45) is 4.99 Å². The van der Waals surface area contributed by atoms with E-state index in [1.807, 2.05) is 12.1 Å². The van der Waals surface area contributed by atoms with Crippen LogP contribution in [0.15, 0.2) is 29.8 Å². The fourth-order valence-corrected chi connectivity index (χ4v) is 2.88. The lowest BCUT2D eigenvalue weighted by Gasteiger charge is -2.21. The van der Waals surface area contributed by atoms with Gasteiger partial charge < -0.3 is 10.2 Å². The SMILES string of the molecule is C=CCCCN(C)C(=NCCc1ccc(Cl)s1)NCC. The minimum atomic E-state index is 0.783. The molecule has 1 N–H and O–H groups in total. The molecule has 0 saturated carbocycles. The van der Waals surface area contributed by atoms with Gasteiger partial charge in [-0.1, -0.05) is 17.7 Å². The minimum Gasteiger partial charge on any atom is -0.357 e. The van der Waals surface area contributed by atoms with Crippen molar-refractivity contribution in [1.82, 2.24) is 10.2 Å². The first kappa shape index (κ1) is 17.1. The van der Waals surface area contributed by atoms with Gasteiger partial charge in [0.25, 0.3) is 0 Å². The first-order valence-electron chi connectivity index (χ1n) is 7.02. The van der Waals surface area contributed by atoms with Crippen molar-refractivity contribution >= 4 is 28.9 Å². The molecule has 5 heteroatoms. The quantitative estimate of drug-likeness (QED) is 0.342. The Hall–Kier alpha value is -1.00. The molecule has 0 aromatic carbocycles. The number of rotatable bonds is 8. The summed E-state index contributed by atoms with van der Waals surface area (Å²) in [6.45, 7) is 8.50. The Labute approximate surface area is 131 Å². The van der Waals surface area contributed by atoms with Crippen molar-refractivity contribution in [2.45, 2.75) is 26.2 Å². The Kier molecular flexibility index (Phi) is 8.38. The second-order valence-corrected chi connectivity index (χ2v) is 6.34. The number of unbranched alkanes of at least 4 members (excludes halogenated alkanes) is 1. The summed E-state index contributed by atoms with van der Waals surface area (Å²) < 4.78 is 0.845. The summed E-state index contributed by atoms with van der Waals surface area (Å²) in [6.07, 6.45) is 5.04. The van der Waals surface area contributed by atoms with Crippen LogP contribution < -0.4 is 5.32 Å². The molecule has 0 fully saturated rings. The van der Waals surface area contributed by atoms with E-state index in [0.717, 1.165) is 49.2 Å². The van der Waals surface area contributed by atoms with E-state index >= 15 is 0 Å². The zero-order valence-corrected chi connectivity index (χ0v) is 13.9. The lowest BCUT2D eigenvalue weighted by atomic mass is 10.3. The largest absolute Gasteiger partial charge is 0.357 e. The molecule has 0 aliphatic rings. The fraction of sp³-hybridized carbons (Fsp3) is 0.533. The second kappa shape index (κ2) is 9.83. The van der Waals surface area contributed by atoms with Gasteiger partial charge in [-0.2, -0.15) is 0 Å². The van der Waals surface area contributed by atoms with Crippen LogP contribution in [0, 0.1) is 0 Å². The van der Waals surface area contributed by atoms with Crippen molar-refractivity contribution in [1.29, 1.82) is 0 Å². The summed E-state index contributed by atoms with van der Waals surface area (Å²) >= 11 is 7.56. The third-order valence-electron chi connectivity index (χ3n) is 2.85. The molecule has 1 rings (SSSR count). The average Bonchev–Trinajstić information content (AvgIpc) is 2.83. The predicted octanol–water partition coefficient (Wildman–Crippen LogP) is 3.81. The van der Waals surface area contributed by atoms with Crippen molar-refractivity contribution in [2.75, 3.05) is 26.7 Å². The molecule has 112 valence electrons. The number of guanidine groups is 1. The van der Waals surface area contributed by atoms with E-state index in [1.165, 1.54) is 4.88 Å². The first-order valence-corrected chi connectivity index (χ1v) is 8.21. The molecule has 0 aliphatic carbocycles. The van der Waals surface area contributed by atoms with Gasteiger partial charge in [0.2, 0.25) is 0 Å². The smallest absolute Gasteiger partial charge is 0.193 e. The van der Waals surface area contributed by atoms with Gasteiger partial charge in [0.05, 0.1) is 4.34 Å². The molecule has 0 amide bonds. The van der Waals surface area contributed by atoms with Crippen LogP contribution in [-0.2, 0) is 6.42 Å². The molecule has 0 unspecified atom stereocenters. The molecule has 0 atom stereocenters. The minimum absolute atomic E-state index is 0.783. The average molecular weight is 314 g/mol. The molecule has 0 spiro atoms. The number of thiophene rings is 1. The molecular formula is C15H24ClN3S. The van der Waals surface area contributed by atoms with Gasteiger partial charge in [-0.15, -0.1) is 17.9 Å². The number of nitrogens with one attached hydrogen (secondary N) is 1. The highest BCUT2D eigenvalue weighted by Gasteiger charge is 2.04. The van der Waals surface area contributed by atoms with Gasteiger partial charge in [0.1, 0.15) is 0 Å². The maximum atomic E-state index is 5.93. The van der Waals surface area contributed by atoms with E-state index in [9.17, 15) is 0 Å². The van der Waals surface area contributed by atoms with Crippen LogP contribution >= 0.6 is 22.9 Å². The van der Waals surface area contributed by atoms with Crippen molar-refractivity contribution < 1.29 is 0 Å². The Bertz CT molecular complexity index is 429. The summed E-state index contributed by atoms with van der Waals surface area (Å²) in [6, 6.07) is 4.02. The van der Waals surface area contributed by atoms with E-state index in [0.29, 0.717) is 0 Å². The Morgan fingerprint density at radius 2 is 2.35 bits per heavy atom. The van der Waals surface area contributed by atoms with E-state index in [4.69, 9.17) is 11.6 Å². The van der Waals surface area contributed by atoms with Gasteiger partial charge in [-0.3, -0.25) is 4.99 Å². The summed E-state index contributed by atoms with van der Waals surface area (Å²) in [7, 11) is 2.08. The standard InChI is InChI=1S/C15H24ClN3S/c1-4-6-7-12-19(3)15(17-5-2)18-11-10-13-8-9-14(16)20-13/h4,8-9H,1,5-7,10-12H2,2-3H3,(H,17,18). The number of aliphatic imine (C=N–C) groups is 1. The van der Waals surface area contributed by atoms with Gasteiger partial charge in [-0.25, -0.2) is 0 Å². The maximum Gasteiger partial charge on any atom is 0.193 e. The Morgan fingerprint density at radius 3 is 2.95 bits per heavy atom. The second-order valence-electron chi connectivity index (χ2n) is 4.54. The van der Waals surface area contributed by atoms with Crippen LogP contribution in [-0.4, -0.2) is 37.5 Å². The number of allylic oxidation sites excluding steroid dienone is 1. The lowest BCUT2D eigenvalue weighted by Crippen LogP contribution is -2.39. The molecule has 1 aromatic heterocycles. The molecule has 1 heterocycles. The monoisotopic (exact) mass is 313 g/mol. The van der Waals surface area contributed by atoms with E-state index in [1.54, 1.807) is 11.3 Å². The first-order chi connectivity index (χ1) is 9.67. The topological polar surface area (TPSA) is 27.6 Å². The fourth-order valence-electron chi connectivity index (χ4n) is 1.81. The number of halogens is 1. The summed E-state index contributed by atoms with van der Waals surface area (Å²) in [4.78, 5) is 8.12. The number of hydrogen-bond donors (Lipinski definition) is 1. The van der Waals surface area contributed by atoms with Gasteiger partial charge in [-0.05, 0) is 31.9 Å². The summed E-state index contributed by atoms with van der Waals surface area (Å²) in [5.74, 6) is 0.971. The highest BCUT2D eigenvalue weighted by atomic mass is 35.5. The third-order valence-corrected chi connectivity index (χ3v) is 4.14. The predicted molar refractivity (Wildman–Crippen MR) is 91.1 cm³/mol. The van der Waals surface area contributed by atoms with Crippen LogP contribution in [0.2, 0.25) is 4.34 Å². The van der Waals surface area contributed by atoms with Gasteiger partial charge in [0, 0.05) is 38.0 Å². The maximum absolute atomic E-state index is 5.93. The molecular weight excluding hydrogens is 290 g/mol. The molecule has 0 bridgehead atoms. The number of nitrogens with zero attached hydrogens (tertiary/aromatic N) is 2. The van der Waals surface area contributed by atoms with Crippen molar-refractivity contribution in [3.63, 3.8) is 0 Å². The van der Waals surface area contributed by atoms with Crippen molar-refractivity contribution in [3.05, 3.63) is 34.0 Å². The lowest BCUT2D eigenvalue weighted by molar-refractivity contribution is 0.470. The van der Waals surface area contributed by atoms with E-state index in [-0.39, 0.29) is 0 Å². The normalized spacial score (nSPS) is 11.4. The van der Waals surface area contributed by atoms with Crippen molar-refractivity contribution in [3.8, 4) is 0 Å². The summed E-state index contributed by atoms with van der Waals surface area (Å²) in [5, 5.41) is 3.33. The third kappa shape index (κ3) is 6.44. The molecule has 0 aliphatic heterocycles. The van der Waals surface area contributed by atoms with Crippen LogP contribution in [0.25, 0.3) is 0 Å². The Balaban J connectivity index is 2.46. The molecule has 0 saturated heterocycles. The molecule has 3 nitrogen and oxygen atoms in total. The number of hydrogen-bond acceptors (Lipinski definition) is 2. The molecule has 20 heavy (non-hydrogen) atoms. The summed E-state index contributed by atoms with van der Waals surface area (Å²) in [5.41, 5.74) is 0. The molecule has 0 radical (unpaired) electrons. The zero-order chi connectivity index (χ0) is 14.8. The van der Waals surface area contributed by atoms with Gasteiger partial charge in [0.15, 0.2) is 5.96 Å². The van der Waals surface area contributed by atoms with E-state index < -0.39 is 0 Å².